The zero-order valence-electron chi connectivity index (χ0n) is 11.3. The number of carbonyl (C=O) groups excluding carboxylic acids is 1. The molecule has 0 heterocycles. The number of rotatable bonds is 4. The van der Waals surface area contributed by atoms with Gasteiger partial charge in [-0.15, -0.1) is 0 Å². The molecule has 24 heavy (non-hydrogen) atoms. The van der Waals surface area contributed by atoms with Gasteiger partial charge in [0, 0.05) is 5.56 Å². The maximum Gasteiger partial charge on any atom is 0.220 e. The Morgan fingerprint density at radius 2 is 1.29 bits per heavy atom. The molecule has 2 rings (SSSR count). The number of nitrogens with zero attached hydrogens (tertiary/aromatic N) is 1. The van der Waals surface area contributed by atoms with Crippen molar-refractivity contribution < 1.29 is 31.1 Å². The standard InChI is InChI=1S/C14H5BrF6N2O/c15-14(13(24)5-1-3-6(16)4-2-5)23-22-12-10(20)8(18)7(17)9(19)11(12)21/h1-4,22H/b23-14+. The first-order valence-electron chi connectivity index (χ1n) is 6.05. The molecule has 0 spiro atoms. The van der Waals surface area contributed by atoms with Crippen molar-refractivity contribution in [2.75, 3.05) is 5.43 Å². The van der Waals surface area contributed by atoms with Crippen molar-refractivity contribution in [2.45, 2.75) is 0 Å². The zero-order valence-corrected chi connectivity index (χ0v) is 12.9. The van der Waals surface area contributed by atoms with Crippen LogP contribution in [-0.2, 0) is 0 Å². The van der Waals surface area contributed by atoms with Crippen LogP contribution in [0, 0.1) is 34.9 Å². The number of hydrazone groups is 1. The predicted molar refractivity (Wildman–Crippen MR) is 76.9 cm³/mol. The summed E-state index contributed by atoms with van der Waals surface area (Å²) in [5.74, 6) is -12.3. The molecule has 126 valence electrons. The topological polar surface area (TPSA) is 41.5 Å². The van der Waals surface area contributed by atoms with E-state index in [9.17, 15) is 31.1 Å². The molecule has 1 N–H and O–H groups in total. The van der Waals surface area contributed by atoms with Gasteiger partial charge in [0.1, 0.15) is 11.5 Å². The molecule has 0 aliphatic carbocycles. The van der Waals surface area contributed by atoms with Gasteiger partial charge in [-0.3, -0.25) is 10.2 Å². The lowest BCUT2D eigenvalue weighted by Crippen LogP contribution is -2.12. The van der Waals surface area contributed by atoms with E-state index in [1.165, 1.54) is 0 Å². The summed E-state index contributed by atoms with van der Waals surface area (Å²) in [5, 5.41) is 3.23. The van der Waals surface area contributed by atoms with Gasteiger partial charge in [0.2, 0.25) is 11.6 Å². The van der Waals surface area contributed by atoms with E-state index in [1.807, 2.05) is 0 Å². The minimum absolute atomic E-state index is 0.0220. The SMILES string of the molecule is O=C(/C(Br)=N\Nc1c(F)c(F)c(F)c(F)c1F)c1ccc(F)cc1. The minimum atomic E-state index is -2.32. The Hall–Kier alpha value is -2.36. The largest absolute Gasteiger partial charge is 0.286 e. The highest BCUT2D eigenvalue weighted by molar-refractivity contribution is 9.19. The van der Waals surface area contributed by atoms with Crippen LogP contribution in [0.3, 0.4) is 0 Å². The maximum atomic E-state index is 13.4. The summed E-state index contributed by atoms with van der Waals surface area (Å²) in [4.78, 5) is 11.9. The molecule has 3 nitrogen and oxygen atoms in total. The van der Waals surface area contributed by atoms with Crippen molar-refractivity contribution in [1.82, 2.24) is 0 Å². The first-order chi connectivity index (χ1) is 11.2. The Morgan fingerprint density at radius 3 is 1.79 bits per heavy atom. The monoisotopic (exact) mass is 410 g/mol. The van der Waals surface area contributed by atoms with Crippen LogP contribution in [0.1, 0.15) is 10.4 Å². The number of Topliss-reactive ketones (excluding diaryl/α,β-unsaturated/α-hetero) is 1. The van der Waals surface area contributed by atoms with Gasteiger partial charge in [0.15, 0.2) is 27.9 Å². The second-order valence-electron chi connectivity index (χ2n) is 4.30. The highest BCUT2D eigenvalue weighted by Gasteiger charge is 2.26. The molecular weight excluding hydrogens is 406 g/mol. The van der Waals surface area contributed by atoms with E-state index in [0.717, 1.165) is 24.3 Å². The Morgan fingerprint density at radius 1 is 0.833 bits per heavy atom. The van der Waals surface area contributed by atoms with Gasteiger partial charge in [0.25, 0.3) is 0 Å². The van der Waals surface area contributed by atoms with E-state index in [4.69, 9.17) is 0 Å². The number of anilines is 1. The van der Waals surface area contributed by atoms with Crippen molar-refractivity contribution in [3.63, 3.8) is 0 Å². The third-order valence-electron chi connectivity index (χ3n) is 2.77. The molecule has 2 aromatic rings. The van der Waals surface area contributed by atoms with Crippen molar-refractivity contribution in [2.24, 2.45) is 5.10 Å². The summed E-state index contributed by atoms with van der Waals surface area (Å²) in [5.41, 5.74) is 0.158. The molecule has 0 amide bonds. The summed E-state index contributed by atoms with van der Waals surface area (Å²) in [6.07, 6.45) is 0. The first-order valence-corrected chi connectivity index (χ1v) is 6.84. The molecule has 0 aliphatic heterocycles. The molecule has 2 aromatic carbocycles. The third kappa shape index (κ3) is 3.42. The van der Waals surface area contributed by atoms with Gasteiger partial charge in [-0.2, -0.15) is 5.10 Å². The van der Waals surface area contributed by atoms with Crippen LogP contribution < -0.4 is 5.43 Å². The molecular formula is C14H5BrF6N2O. The normalized spacial score (nSPS) is 11.5. The average molecular weight is 411 g/mol. The summed E-state index contributed by atoms with van der Waals surface area (Å²) < 4.78 is 78.0. The second-order valence-corrected chi connectivity index (χ2v) is 5.05. The lowest BCUT2D eigenvalue weighted by molar-refractivity contribution is 0.106. The minimum Gasteiger partial charge on any atom is -0.286 e. The average Bonchev–Trinajstić information content (AvgIpc) is 2.58. The molecule has 0 radical (unpaired) electrons. The third-order valence-corrected chi connectivity index (χ3v) is 3.31. The van der Waals surface area contributed by atoms with Gasteiger partial charge < -0.3 is 0 Å². The zero-order chi connectivity index (χ0) is 18.0. The summed E-state index contributed by atoms with van der Waals surface area (Å²) >= 11 is 2.69. The predicted octanol–water partition coefficient (Wildman–Crippen LogP) is 4.52. The van der Waals surface area contributed by atoms with E-state index in [2.05, 4.69) is 21.0 Å². The van der Waals surface area contributed by atoms with E-state index in [-0.39, 0.29) is 5.56 Å². The van der Waals surface area contributed by atoms with Crippen molar-refractivity contribution in [1.29, 1.82) is 0 Å². The van der Waals surface area contributed by atoms with Crippen LogP contribution in [-0.4, -0.2) is 10.4 Å². The number of hydrogen-bond acceptors (Lipinski definition) is 3. The molecule has 10 heteroatoms. The number of ketones is 1. The fourth-order valence-corrected chi connectivity index (χ4v) is 1.90. The van der Waals surface area contributed by atoms with Crippen molar-refractivity contribution in [3.8, 4) is 0 Å². The van der Waals surface area contributed by atoms with Gasteiger partial charge in [0.05, 0.1) is 0 Å². The molecule has 0 aliphatic rings. The molecule has 0 saturated heterocycles. The van der Waals surface area contributed by atoms with Gasteiger partial charge in [-0.05, 0) is 40.2 Å². The van der Waals surface area contributed by atoms with E-state index in [0.29, 0.717) is 0 Å². The molecule has 0 saturated carbocycles. The number of halogens is 7. The van der Waals surface area contributed by atoms with E-state index in [1.54, 1.807) is 5.43 Å². The molecule has 0 atom stereocenters. The number of benzene rings is 2. The number of carbonyl (C=O) groups is 1. The molecule has 0 bridgehead atoms. The molecule has 0 fully saturated rings. The van der Waals surface area contributed by atoms with Crippen LogP contribution >= 0.6 is 15.9 Å². The van der Waals surface area contributed by atoms with Crippen LogP contribution in [0.15, 0.2) is 29.4 Å². The van der Waals surface area contributed by atoms with Crippen LogP contribution in [0.5, 0.6) is 0 Å². The highest BCUT2D eigenvalue weighted by atomic mass is 79.9. The summed E-state index contributed by atoms with van der Waals surface area (Å²) in [7, 11) is 0. The quantitative estimate of drug-likeness (QED) is 0.201. The Bertz CT molecular complexity index is 809. The molecule has 0 aromatic heterocycles. The summed E-state index contributed by atoms with van der Waals surface area (Å²) in [6, 6.07) is 4.22. The fraction of sp³-hybridized carbons (Fsp3) is 0. The van der Waals surface area contributed by atoms with E-state index >= 15 is 0 Å². The van der Waals surface area contributed by atoms with Crippen LogP contribution in [0.4, 0.5) is 32.0 Å². The summed E-state index contributed by atoms with van der Waals surface area (Å²) in [6.45, 7) is 0. The van der Waals surface area contributed by atoms with Crippen molar-refractivity contribution in [3.05, 3.63) is 64.7 Å². The van der Waals surface area contributed by atoms with Crippen LogP contribution in [0.25, 0.3) is 0 Å². The smallest absolute Gasteiger partial charge is 0.220 e. The van der Waals surface area contributed by atoms with Crippen molar-refractivity contribution >= 4 is 32.0 Å². The van der Waals surface area contributed by atoms with Gasteiger partial charge in [-0.25, -0.2) is 26.3 Å². The van der Waals surface area contributed by atoms with Gasteiger partial charge >= 0.3 is 0 Å². The Balaban J connectivity index is 2.31. The Labute approximate surface area is 139 Å². The van der Waals surface area contributed by atoms with Gasteiger partial charge in [-0.1, -0.05) is 0 Å². The number of nitrogens with one attached hydrogen (secondary N) is 1. The second kappa shape index (κ2) is 7.04. The maximum absolute atomic E-state index is 13.4. The molecule has 0 unspecified atom stereocenters. The van der Waals surface area contributed by atoms with E-state index < -0.39 is 51.0 Å². The number of hydrogen-bond donors (Lipinski definition) is 1. The lowest BCUT2D eigenvalue weighted by atomic mass is 10.1. The Kier molecular flexibility index (Phi) is 5.27. The lowest BCUT2D eigenvalue weighted by Gasteiger charge is -2.07. The highest BCUT2D eigenvalue weighted by Crippen LogP contribution is 2.27. The first kappa shape index (κ1) is 18.0. The van der Waals surface area contributed by atoms with Crippen LogP contribution in [0.2, 0.25) is 0 Å². The fourth-order valence-electron chi connectivity index (χ4n) is 1.58.